The second kappa shape index (κ2) is 6.55. The molecule has 0 aliphatic heterocycles. The molecule has 0 saturated heterocycles. The van der Waals surface area contributed by atoms with Crippen LogP contribution in [0.1, 0.15) is 30.5 Å². The van der Waals surface area contributed by atoms with Gasteiger partial charge in [0.15, 0.2) is 0 Å². The van der Waals surface area contributed by atoms with E-state index in [4.69, 9.17) is 0 Å². The molecule has 3 nitrogen and oxygen atoms in total. The quantitative estimate of drug-likeness (QED) is 0.842. The highest BCUT2D eigenvalue weighted by Crippen LogP contribution is 2.17. The third kappa shape index (κ3) is 3.33. The van der Waals surface area contributed by atoms with Gasteiger partial charge in [0.1, 0.15) is 6.04 Å². The van der Waals surface area contributed by atoms with Gasteiger partial charge in [-0.25, -0.2) is 0 Å². The van der Waals surface area contributed by atoms with E-state index in [9.17, 15) is 9.90 Å². The Morgan fingerprint density at radius 2 is 1.89 bits per heavy atom. The number of hydrogen-bond acceptors (Lipinski definition) is 2. The maximum Gasteiger partial charge on any atom is 0.321 e. The molecule has 0 aliphatic carbocycles. The van der Waals surface area contributed by atoms with Crippen LogP contribution in [-0.4, -0.2) is 35.1 Å². The molecule has 18 heavy (non-hydrogen) atoms. The summed E-state index contributed by atoms with van der Waals surface area (Å²) < 4.78 is 0. The minimum atomic E-state index is -0.736. The molecule has 0 fully saturated rings. The fourth-order valence-electron chi connectivity index (χ4n) is 2.28. The van der Waals surface area contributed by atoms with Crippen LogP contribution in [0.2, 0.25) is 0 Å². The molecule has 0 spiro atoms. The van der Waals surface area contributed by atoms with Gasteiger partial charge in [-0.05, 0) is 50.0 Å². The van der Waals surface area contributed by atoms with Crippen LogP contribution in [0.3, 0.4) is 0 Å². The van der Waals surface area contributed by atoms with Crippen LogP contribution < -0.4 is 0 Å². The molecule has 1 rings (SSSR count). The molecule has 0 bridgehead atoms. The van der Waals surface area contributed by atoms with E-state index in [1.165, 1.54) is 11.1 Å². The number of aliphatic carboxylic acids is 1. The highest BCUT2D eigenvalue weighted by molar-refractivity contribution is 5.74. The largest absolute Gasteiger partial charge is 0.480 e. The first-order chi connectivity index (χ1) is 8.51. The molecular formula is C15H23NO2. The molecule has 1 aromatic rings. The smallest absolute Gasteiger partial charge is 0.321 e. The van der Waals surface area contributed by atoms with Gasteiger partial charge in [-0.2, -0.15) is 0 Å². The predicted molar refractivity (Wildman–Crippen MR) is 74.0 cm³/mol. The fraction of sp³-hybridized carbons (Fsp3) is 0.533. The van der Waals surface area contributed by atoms with Crippen molar-refractivity contribution < 1.29 is 9.90 Å². The summed E-state index contributed by atoms with van der Waals surface area (Å²) in [6.45, 7) is 9.65. The highest BCUT2D eigenvalue weighted by Gasteiger charge is 2.24. The second-order valence-corrected chi connectivity index (χ2v) is 4.64. The molecular weight excluding hydrogens is 226 g/mol. The van der Waals surface area contributed by atoms with Gasteiger partial charge >= 0.3 is 5.97 Å². The lowest BCUT2D eigenvalue weighted by Crippen LogP contribution is -2.42. The fourth-order valence-corrected chi connectivity index (χ4v) is 2.28. The average molecular weight is 249 g/mol. The van der Waals surface area contributed by atoms with Gasteiger partial charge in [-0.15, -0.1) is 0 Å². The Labute approximate surface area is 109 Å². The SMILES string of the molecule is CCN(CC)[C@@H](Cc1cccc(C)c1C)C(=O)O. The van der Waals surface area contributed by atoms with E-state index in [0.717, 1.165) is 18.7 Å². The first-order valence-corrected chi connectivity index (χ1v) is 6.53. The highest BCUT2D eigenvalue weighted by atomic mass is 16.4. The summed E-state index contributed by atoms with van der Waals surface area (Å²) in [4.78, 5) is 13.4. The van der Waals surface area contributed by atoms with Crippen molar-refractivity contribution in [3.8, 4) is 0 Å². The minimum absolute atomic E-state index is 0.430. The van der Waals surface area contributed by atoms with Crippen molar-refractivity contribution >= 4 is 5.97 Å². The molecule has 0 unspecified atom stereocenters. The number of benzene rings is 1. The molecule has 100 valence electrons. The van der Waals surface area contributed by atoms with Crippen LogP contribution >= 0.6 is 0 Å². The van der Waals surface area contributed by atoms with Crippen LogP contribution in [0, 0.1) is 13.8 Å². The topological polar surface area (TPSA) is 40.5 Å². The predicted octanol–water partition coefficient (Wildman–Crippen LogP) is 2.64. The van der Waals surface area contributed by atoms with Crippen molar-refractivity contribution in [2.75, 3.05) is 13.1 Å². The number of hydrogen-bond donors (Lipinski definition) is 1. The molecule has 0 radical (unpaired) electrons. The van der Waals surface area contributed by atoms with Crippen molar-refractivity contribution in [3.63, 3.8) is 0 Å². The van der Waals surface area contributed by atoms with E-state index in [1.807, 2.05) is 30.9 Å². The van der Waals surface area contributed by atoms with E-state index in [1.54, 1.807) is 0 Å². The molecule has 1 atom stereocenters. The van der Waals surface area contributed by atoms with Crippen LogP contribution in [-0.2, 0) is 11.2 Å². The first kappa shape index (κ1) is 14.7. The Balaban J connectivity index is 2.97. The molecule has 0 heterocycles. The van der Waals surface area contributed by atoms with Gasteiger partial charge in [-0.1, -0.05) is 32.0 Å². The third-order valence-corrected chi connectivity index (χ3v) is 3.67. The molecule has 0 saturated carbocycles. The van der Waals surface area contributed by atoms with E-state index >= 15 is 0 Å². The van der Waals surface area contributed by atoms with Gasteiger partial charge < -0.3 is 5.11 Å². The average Bonchev–Trinajstić information content (AvgIpc) is 2.34. The van der Waals surface area contributed by atoms with Crippen LogP contribution in [0.25, 0.3) is 0 Å². The number of aryl methyl sites for hydroxylation is 1. The van der Waals surface area contributed by atoms with Gasteiger partial charge in [0.2, 0.25) is 0 Å². The minimum Gasteiger partial charge on any atom is -0.480 e. The van der Waals surface area contributed by atoms with Crippen LogP contribution in [0.4, 0.5) is 0 Å². The summed E-state index contributed by atoms with van der Waals surface area (Å²) in [5.74, 6) is -0.736. The molecule has 3 heteroatoms. The Bertz CT molecular complexity index is 411. The normalized spacial score (nSPS) is 12.7. The maximum atomic E-state index is 11.4. The summed E-state index contributed by atoms with van der Waals surface area (Å²) in [6, 6.07) is 5.66. The lowest BCUT2D eigenvalue weighted by atomic mass is 9.97. The van der Waals surface area contributed by atoms with Crippen molar-refractivity contribution in [1.29, 1.82) is 0 Å². The van der Waals surface area contributed by atoms with Gasteiger partial charge in [0, 0.05) is 0 Å². The molecule has 0 aromatic heterocycles. The zero-order valence-electron chi connectivity index (χ0n) is 11.7. The standard InChI is InChI=1S/C15H23NO2/c1-5-16(6-2)14(15(17)18)10-13-9-7-8-11(3)12(13)4/h7-9,14H,5-6,10H2,1-4H3,(H,17,18)/t14-/m0/s1. The summed E-state index contributed by atoms with van der Waals surface area (Å²) >= 11 is 0. The molecule has 0 amide bonds. The molecule has 1 aromatic carbocycles. The van der Waals surface area contributed by atoms with Crippen molar-refractivity contribution in [2.45, 2.75) is 40.2 Å². The summed E-state index contributed by atoms with van der Waals surface area (Å²) in [6.07, 6.45) is 0.574. The Kier molecular flexibility index (Phi) is 5.35. The van der Waals surface area contributed by atoms with Gasteiger partial charge in [0.05, 0.1) is 0 Å². The van der Waals surface area contributed by atoms with Crippen molar-refractivity contribution in [2.24, 2.45) is 0 Å². The first-order valence-electron chi connectivity index (χ1n) is 6.53. The second-order valence-electron chi connectivity index (χ2n) is 4.64. The zero-order valence-corrected chi connectivity index (χ0v) is 11.7. The number of rotatable bonds is 6. The summed E-state index contributed by atoms with van der Waals surface area (Å²) in [5.41, 5.74) is 3.56. The lowest BCUT2D eigenvalue weighted by Gasteiger charge is -2.26. The number of carboxylic acid groups (broad SMARTS) is 1. The maximum absolute atomic E-state index is 11.4. The van der Waals surface area contributed by atoms with Crippen LogP contribution in [0.15, 0.2) is 18.2 Å². The Morgan fingerprint density at radius 3 is 2.39 bits per heavy atom. The summed E-state index contributed by atoms with van der Waals surface area (Å²) in [7, 11) is 0. The van der Waals surface area contributed by atoms with Crippen LogP contribution in [0.5, 0.6) is 0 Å². The number of likely N-dealkylation sites (N-methyl/N-ethyl adjacent to an activating group) is 1. The number of nitrogens with zero attached hydrogens (tertiary/aromatic N) is 1. The van der Waals surface area contributed by atoms with Gasteiger partial charge in [-0.3, -0.25) is 9.69 Å². The Morgan fingerprint density at radius 1 is 1.28 bits per heavy atom. The molecule has 1 N–H and O–H groups in total. The van der Waals surface area contributed by atoms with E-state index in [0.29, 0.717) is 6.42 Å². The lowest BCUT2D eigenvalue weighted by molar-refractivity contribution is -0.143. The van der Waals surface area contributed by atoms with E-state index in [-0.39, 0.29) is 0 Å². The Hall–Kier alpha value is -1.35. The summed E-state index contributed by atoms with van der Waals surface area (Å²) in [5, 5.41) is 9.39. The van der Waals surface area contributed by atoms with Gasteiger partial charge in [0.25, 0.3) is 0 Å². The number of carbonyl (C=O) groups is 1. The molecule has 0 aliphatic rings. The van der Waals surface area contributed by atoms with E-state index < -0.39 is 12.0 Å². The third-order valence-electron chi connectivity index (χ3n) is 3.67. The van der Waals surface area contributed by atoms with Crippen molar-refractivity contribution in [3.05, 3.63) is 34.9 Å². The zero-order chi connectivity index (χ0) is 13.7. The van der Waals surface area contributed by atoms with E-state index in [2.05, 4.69) is 19.9 Å². The number of carboxylic acids is 1. The van der Waals surface area contributed by atoms with Crippen molar-refractivity contribution in [1.82, 2.24) is 4.90 Å². The monoisotopic (exact) mass is 249 g/mol.